The van der Waals surface area contributed by atoms with Crippen LogP contribution in [0.5, 0.6) is 0 Å². The molecule has 2 aliphatic rings. The largest absolute Gasteiger partial charge is 0.463 e. The van der Waals surface area contributed by atoms with Crippen LogP contribution in [0.1, 0.15) is 62.5 Å². The molecule has 382 valence electrons. The summed E-state index contributed by atoms with van der Waals surface area (Å²) in [6, 6.07) is 12.3. The van der Waals surface area contributed by atoms with E-state index in [1.54, 1.807) is 0 Å². The van der Waals surface area contributed by atoms with Gasteiger partial charge in [0, 0.05) is 61.1 Å². The zero-order chi connectivity index (χ0) is 47.8. The second-order valence-corrected chi connectivity index (χ2v) is 17.8. The fourth-order valence-corrected chi connectivity index (χ4v) is 8.68. The number of ether oxygens (including phenoxy) is 2. The SMILES string of the molecule is Cl.Cl.N[C@@H](Cc1ccc(N(CCCl)CCCl)cc1)C(=O)OCCN1C(=O)CC(NCCCCCCCCNC2CC(=O)N(CCOC(=O)[C@@H](N)Cc3ccc(N(CCCl)CCCl)cc3)C2=O)C1=O. The van der Waals surface area contributed by atoms with Gasteiger partial charge in [-0.2, -0.15) is 0 Å². The van der Waals surface area contributed by atoms with Gasteiger partial charge >= 0.3 is 11.9 Å². The standard InChI is InChI=1S/C46H66Cl4N8O8.2ClH/c47-15-21-55(22-16-48)35-11-7-33(8-12-35)29-37(51)45(63)65-27-25-57-41(59)31-39(43(57)61)53-19-5-3-1-2-4-6-20-54-40-32-42(60)58(44(40)62)26-28-66-46(64)38(52)30-34-9-13-36(14-10-34)56(23-17-49)24-18-50;;/h7-14,37-40,53-54H,1-6,15-32,51-52H2;2*1H/t37-,38-,39?,40?;;/m0../s1. The van der Waals surface area contributed by atoms with Gasteiger partial charge in [0.1, 0.15) is 25.3 Å². The maximum absolute atomic E-state index is 12.9. The van der Waals surface area contributed by atoms with Crippen molar-refractivity contribution < 1.29 is 38.2 Å². The molecule has 4 amide bonds. The highest BCUT2D eigenvalue weighted by molar-refractivity contribution is 6.19. The van der Waals surface area contributed by atoms with Gasteiger partial charge in [0.05, 0.1) is 38.0 Å². The van der Waals surface area contributed by atoms with Gasteiger partial charge in [0.2, 0.25) is 23.6 Å². The number of likely N-dealkylation sites (tertiary alicyclic amines) is 2. The van der Waals surface area contributed by atoms with Crippen LogP contribution in [0.3, 0.4) is 0 Å². The number of nitrogens with two attached hydrogens (primary N) is 2. The van der Waals surface area contributed by atoms with Crippen LogP contribution in [-0.2, 0) is 51.1 Å². The lowest BCUT2D eigenvalue weighted by molar-refractivity contribution is -0.149. The summed E-state index contributed by atoms with van der Waals surface area (Å²) < 4.78 is 10.6. The Balaban J connectivity index is 0.00000793. The molecule has 2 saturated heterocycles. The van der Waals surface area contributed by atoms with E-state index in [1.165, 1.54) is 0 Å². The van der Waals surface area contributed by atoms with Gasteiger partial charge < -0.3 is 41.4 Å². The van der Waals surface area contributed by atoms with Crippen molar-refractivity contribution in [2.24, 2.45) is 11.5 Å². The molecular weight excluding hydrogens is 1010 g/mol. The number of amides is 4. The highest BCUT2D eigenvalue weighted by Gasteiger charge is 2.39. The van der Waals surface area contributed by atoms with Crippen LogP contribution in [0.25, 0.3) is 0 Å². The molecule has 2 heterocycles. The molecule has 68 heavy (non-hydrogen) atoms. The third-order valence-electron chi connectivity index (χ3n) is 11.5. The average molecular weight is 1070 g/mol. The maximum atomic E-state index is 12.9. The number of nitrogens with one attached hydrogen (secondary N) is 2. The summed E-state index contributed by atoms with van der Waals surface area (Å²) in [7, 11) is 0. The number of carbonyl (C=O) groups is 6. The fraction of sp³-hybridized carbons (Fsp3) is 0.609. The molecule has 0 saturated carbocycles. The number of hydrogen-bond acceptors (Lipinski definition) is 14. The van der Waals surface area contributed by atoms with Crippen molar-refractivity contribution in [3.05, 3.63) is 59.7 Å². The number of rotatable bonds is 33. The smallest absolute Gasteiger partial charge is 0.323 e. The summed E-state index contributed by atoms with van der Waals surface area (Å²) >= 11 is 23.6. The van der Waals surface area contributed by atoms with Crippen molar-refractivity contribution in [1.82, 2.24) is 20.4 Å². The van der Waals surface area contributed by atoms with Gasteiger partial charge in [0.25, 0.3) is 0 Å². The Hall–Kier alpha value is -3.16. The third-order valence-corrected chi connectivity index (χ3v) is 12.2. The monoisotopic (exact) mass is 1070 g/mol. The molecule has 0 spiro atoms. The van der Waals surface area contributed by atoms with Crippen LogP contribution in [0, 0.1) is 0 Å². The fourth-order valence-electron chi connectivity index (χ4n) is 7.86. The van der Waals surface area contributed by atoms with Gasteiger partial charge in [-0.3, -0.25) is 38.6 Å². The summed E-state index contributed by atoms with van der Waals surface area (Å²) in [6.45, 7) is 3.48. The first kappa shape index (κ1) is 61.0. The number of alkyl halides is 4. The van der Waals surface area contributed by atoms with Crippen molar-refractivity contribution in [2.75, 3.05) is 98.9 Å². The van der Waals surface area contributed by atoms with Crippen molar-refractivity contribution in [2.45, 2.75) is 88.4 Å². The molecular formula is C46H68Cl6N8O8. The lowest BCUT2D eigenvalue weighted by Gasteiger charge is -2.23. The maximum Gasteiger partial charge on any atom is 0.323 e. The minimum Gasteiger partial charge on any atom is -0.463 e. The first-order valence-electron chi connectivity index (χ1n) is 22.8. The van der Waals surface area contributed by atoms with E-state index in [0.29, 0.717) is 62.8 Å². The summed E-state index contributed by atoms with van der Waals surface area (Å²) in [5, 5.41) is 6.38. The summed E-state index contributed by atoms with van der Waals surface area (Å²) in [6.07, 6.45) is 6.17. The highest BCUT2D eigenvalue weighted by atomic mass is 35.5. The molecule has 22 heteroatoms. The number of benzene rings is 2. The van der Waals surface area contributed by atoms with Crippen LogP contribution in [-0.4, -0.2) is 159 Å². The van der Waals surface area contributed by atoms with E-state index in [-0.39, 0.29) is 100 Å². The van der Waals surface area contributed by atoms with E-state index in [9.17, 15) is 28.8 Å². The molecule has 6 N–H and O–H groups in total. The zero-order valence-electron chi connectivity index (χ0n) is 38.4. The Kier molecular flexibility index (Phi) is 30.0. The quantitative estimate of drug-likeness (QED) is 0.0338. The molecule has 2 fully saturated rings. The van der Waals surface area contributed by atoms with Gasteiger partial charge in [-0.15, -0.1) is 71.2 Å². The average Bonchev–Trinajstić information content (AvgIpc) is 3.73. The van der Waals surface area contributed by atoms with E-state index in [2.05, 4.69) is 20.4 Å². The number of nitrogens with zero attached hydrogens (tertiary/aromatic N) is 4. The molecule has 0 aliphatic carbocycles. The Morgan fingerprint density at radius 2 is 0.897 bits per heavy atom. The topological polar surface area (TPSA) is 210 Å². The summed E-state index contributed by atoms with van der Waals surface area (Å²) in [4.78, 5) is 82.6. The van der Waals surface area contributed by atoms with Crippen LogP contribution in [0.4, 0.5) is 11.4 Å². The molecule has 2 aromatic rings. The third kappa shape index (κ3) is 19.9. The number of carbonyl (C=O) groups excluding carboxylic acids is 6. The molecule has 2 unspecified atom stereocenters. The van der Waals surface area contributed by atoms with Gasteiger partial charge in [-0.05, 0) is 74.2 Å². The number of unbranched alkanes of at least 4 members (excludes halogenated alkanes) is 5. The van der Waals surface area contributed by atoms with E-state index >= 15 is 0 Å². The molecule has 4 atom stereocenters. The van der Waals surface area contributed by atoms with E-state index in [1.807, 2.05) is 48.5 Å². The first-order chi connectivity index (χ1) is 31.9. The second kappa shape index (κ2) is 33.4. The van der Waals surface area contributed by atoms with E-state index in [0.717, 1.165) is 70.8 Å². The van der Waals surface area contributed by atoms with Crippen LogP contribution in [0.2, 0.25) is 0 Å². The van der Waals surface area contributed by atoms with Crippen molar-refractivity contribution in [1.29, 1.82) is 0 Å². The summed E-state index contributed by atoms with van der Waals surface area (Å²) in [5.41, 5.74) is 15.9. The predicted octanol–water partition coefficient (Wildman–Crippen LogP) is 4.40. The lowest BCUT2D eigenvalue weighted by atomic mass is 10.1. The predicted molar refractivity (Wildman–Crippen MR) is 274 cm³/mol. The molecule has 2 aliphatic heterocycles. The van der Waals surface area contributed by atoms with E-state index in [4.69, 9.17) is 67.3 Å². The Morgan fingerprint density at radius 3 is 1.22 bits per heavy atom. The first-order valence-corrected chi connectivity index (χ1v) is 25.0. The van der Waals surface area contributed by atoms with Crippen LogP contribution >= 0.6 is 71.2 Å². The van der Waals surface area contributed by atoms with Gasteiger partial charge in [0.15, 0.2) is 0 Å². The molecule has 0 radical (unpaired) electrons. The Labute approximate surface area is 432 Å². The van der Waals surface area contributed by atoms with Gasteiger partial charge in [-0.1, -0.05) is 49.9 Å². The molecule has 0 aromatic heterocycles. The zero-order valence-corrected chi connectivity index (χ0v) is 43.1. The summed E-state index contributed by atoms with van der Waals surface area (Å²) in [5.74, 6) is -0.614. The molecule has 4 rings (SSSR count). The second-order valence-electron chi connectivity index (χ2n) is 16.3. The van der Waals surface area contributed by atoms with E-state index < -0.39 is 36.1 Å². The Morgan fingerprint density at radius 1 is 0.574 bits per heavy atom. The lowest BCUT2D eigenvalue weighted by Crippen LogP contribution is -2.41. The highest BCUT2D eigenvalue weighted by Crippen LogP contribution is 2.19. The molecule has 2 aromatic carbocycles. The number of imide groups is 2. The molecule has 0 bridgehead atoms. The number of anilines is 2. The number of hydrogen-bond donors (Lipinski definition) is 4. The number of halogens is 6. The minimum absolute atomic E-state index is 0. The van der Waals surface area contributed by atoms with Crippen LogP contribution in [0.15, 0.2) is 48.5 Å². The normalized spacial score (nSPS) is 16.6. The molecule has 16 nitrogen and oxygen atoms in total. The van der Waals surface area contributed by atoms with Crippen molar-refractivity contribution >= 4 is 118 Å². The van der Waals surface area contributed by atoms with Gasteiger partial charge in [-0.25, -0.2) is 0 Å². The van der Waals surface area contributed by atoms with Crippen LogP contribution < -0.4 is 31.9 Å². The minimum atomic E-state index is -0.900. The number of esters is 2. The Bertz CT molecular complexity index is 1710. The van der Waals surface area contributed by atoms with Crippen molar-refractivity contribution in [3.63, 3.8) is 0 Å². The van der Waals surface area contributed by atoms with Crippen molar-refractivity contribution in [3.8, 4) is 0 Å².